The Hall–Kier alpha value is -2.72. The third kappa shape index (κ3) is 3.08. The molecule has 0 amide bonds. The number of aromatic amines is 1. The number of nitrogen functional groups attached to an aromatic ring is 1. The molecule has 4 aromatic rings. The molecule has 7 nitrogen and oxygen atoms in total. The van der Waals surface area contributed by atoms with Crippen LogP contribution in [-0.2, 0) is 0 Å². The molecule has 0 bridgehead atoms. The van der Waals surface area contributed by atoms with Gasteiger partial charge in [-0.05, 0) is 38.5 Å². The monoisotopic (exact) mass is 416 g/mol. The van der Waals surface area contributed by atoms with E-state index in [4.69, 9.17) is 5.84 Å². The predicted molar refractivity (Wildman–Crippen MR) is 110 cm³/mol. The first-order valence-corrected chi connectivity index (χ1v) is 10.2. The zero-order chi connectivity index (χ0) is 20.0. The summed E-state index contributed by atoms with van der Waals surface area (Å²) in [5.41, 5.74) is 1.07. The Morgan fingerprint density at radius 2 is 2.04 bits per heavy atom. The van der Waals surface area contributed by atoms with Gasteiger partial charge in [-0.25, -0.2) is 14.1 Å². The van der Waals surface area contributed by atoms with Gasteiger partial charge in [0.25, 0.3) is 5.56 Å². The molecule has 1 atom stereocenters. The molecule has 0 saturated heterocycles. The van der Waals surface area contributed by atoms with Gasteiger partial charge < -0.3 is 10.8 Å². The molecule has 0 radical (unpaired) electrons. The number of nitrogens with one attached hydrogen (secondary N) is 1. The molecule has 0 unspecified atom stereocenters. The number of nitrogens with zero attached hydrogens (tertiary/aromatic N) is 4. The van der Waals surface area contributed by atoms with Crippen molar-refractivity contribution in [3.05, 3.63) is 56.7 Å². The number of nitrogens with two attached hydrogens (primary N) is 1. The number of thioether (sulfide) groups is 1. The second-order valence-electron chi connectivity index (χ2n) is 6.33. The van der Waals surface area contributed by atoms with Crippen molar-refractivity contribution in [2.24, 2.45) is 0 Å². The van der Waals surface area contributed by atoms with Crippen molar-refractivity contribution in [2.75, 3.05) is 5.84 Å². The highest BCUT2D eigenvalue weighted by Crippen LogP contribution is 2.34. The molecular formula is C18H17FN6OS2. The number of benzene rings is 1. The predicted octanol–water partition coefficient (Wildman–Crippen LogP) is 3.57. The Morgan fingerprint density at radius 1 is 1.29 bits per heavy atom. The van der Waals surface area contributed by atoms with Crippen molar-refractivity contribution in [3.63, 3.8) is 0 Å². The van der Waals surface area contributed by atoms with E-state index < -0.39 is 5.82 Å². The van der Waals surface area contributed by atoms with Crippen LogP contribution >= 0.6 is 23.1 Å². The van der Waals surface area contributed by atoms with Crippen LogP contribution in [0, 0.1) is 19.7 Å². The van der Waals surface area contributed by atoms with E-state index in [1.165, 1.54) is 33.8 Å². The molecule has 3 aromatic heterocycles. The molecule has 28 heavy (non-hydrogen) atoms. The number of fused-ring (bicyclic) bond motifs is 1. The number of aromatic nitrogens is 5. The fourth-order valence-electron chi connectivity index (χ4n) is 2.86. The fraction of sp³-hybridized carbons (Fsp3) is 0.222. The minimum atomic E-state index is -0.425. The molecule has 1 aromatic carbocycles. The number of hydrogen-bond acceptors (Lipinski definition) is 7. The van der Waals surface area contributed by atoms with E-state index in [-0.39, 0.29) is 22.2 Å². The van der Waals surface area contributed by atoms with Gasteiger partial charge in [-0.15, -0.1) is 21.5 Å². The summed E-state index contributed by atoms with van der Waals surface area (Å²) in [5, 5.41) is 8.87. The van der Waals surface area contributed by atoms with E-state index in [1.54, 1.807) is 18.2 Å². The summed E-state index contributed by atoms with van der Waals surface area (Å²) in [6.45, 7) is 5.78. The zero-order valence-corrected chi connectivity index (χ0v) is 17.0. The second-order valence-corrected chi connectivity index (χ2v) is 8.84. The van der Waals surface area contributed by atoms with Gasteiger partial charge in [0, 0.05) is 4.88 Å². The standard InChI is InChI=1S/C18H17FN6OS2/c1-8-9(2)27-17-13(8)16(26)21-14(22-17)10(3)28-18-24-23-15(25(18)20)11-6-4-5-7-12(11)19/h4-7,10H,20H2,1-3H3,(H,21,22,26)/t10-/m0/s1. The van der Waals surface area contributed by atoms with Gasteiger partial charge in [-0.2, -0.15) is 0 Å². The van der Waals surface area contributed by atoms with Gasteiger partial charge in [0.05, 0.1) is 16.2 Å². The number of thiophene rings is 1. The minimum Gasteiger partial charge on any atom is -0.335 e. The molecule has 10 heteroatoms. The van der Waals surface area contributed by atoms with Crippen molar-refractivity contribution in [2.45, 2.75) is 31.2 Å². The summed E-state index contributed by atoms with van der Waals surface area (Å²) < 4.78 is 15.3. The molecule has 0 saturated carbocycles. The zero-order valence-electron chi connectivity index (χ0n) is 15.4. The van der Waals surface area contributed by atoms with Crippen LogP contribution in [0.1, 0.15) is 28.4 Å². The summed E-state index contributed by atoms with van der Waals surface area (Å²) in [6.07, 6.45) is 0. The number of halogens is 1. The van der Waals surface area contributed by atoms with Gasteiger partial charge in [0.2, 0.25) is 5.16 Å². The van der Waals surface area contributed by atoms with Gasteiger partial charge in [-0.3, -0.25) is 4.79 Å². The van der Waals surface area contributed by atoms with Crippen LogP contribution < -0.4 is 11.4 Å². The highest BCUT2D eigenvalue weighted by atomic mass is 32.2. The highest BCUT2D eigenvalue weighted by Gasteiger charge is 2.20. The lowest BCUT2D eigenvalue weighted by Crippen LogP contribution is -2.14. The van der Waals surface area contributed by atoms with Gasteiger partial charge in [0.15, 0.2) is 5.82 Å². The Morgan fingerprint density at radius 3 is 2.79 bits per heavy atom. The first-order chi connectivity index (χ1) is 13.4. The van der Waals surface area contributed by atoms with Crippen LogP contribution in [0.5, 0.6) is 0 Å². The fourth-order valence-corrected chi connectivity index (χ4v) is 4.73. The van der Waals surface area contributed by atoms with E-state index in [2.05, 4.69) is 20.2 Å². The van der Waals surface area contributed by atoms with Crippen molar-refractivity contribution < 1.29 is 4.39 Å². The maximum Gasteiger partial charge on any atom is 0.259 e. The Balaban J connectivity index is 1.66. The van der Waals surface area contributed by atoms with Crippen molar-refractivity contribution >= 4 is 33.3 Å². The average molecular weight is 417 g/mol. The third-order valence-corrected chi connectivity index (χ3v) is 6.67. The first kappa shape index (κ1) is 18.6. The molecule has 3 N–H and O–H groups in total. The summed E-state index contributed by atoms with van der Waals surface area (Å²) in [6, 6.07) is 6.24. The summed E-state index contributed by atoms with van der Waals surface area (Å²) in [5.74, 6) is 6.42. The quantitative estimate of drug-likeness (QED) is 0.389. The van der Waals surface area contributed by atoms with E-state index >= 15 is 0 Å². The van der Waals surface area contributed by atoms with Crippen molar-refractivity contribution in [1.82, 2.24) is 24.8 Å². The van der Waals surface area contributed by atoms with Crippen LogP contribution in [0.4, 0.5) is 4.39 Å². The highest BCUT2D eigenvalue weighted by molar-refractivity contribution is 7.99. The SMILES string of the molecule is Cc1sc2nc([C@H](C)Sc3nnc(-c4ccccc4F)n3N)[nH]c(=O)c2c1C. The van der Waals surface area contributed by atoms with E-state index in [0.29, 0.717) is 21.2 Å². The largest absolute Gasteiger partial charge is 0.335 e. The molecule has 4 rings (SSSR count). The van der Waals surface area contributed by atoms with Crippen LogP contribution in [0.25, 0.3) is 21.6 Å². The molecule has 0 aliphatic rings. The Kier molecular flexibility index (Phi) is 4.68. The lowest BCUT2D eigenvalue weighted by molar-refractivity contribution is 0.629. The number of H-pyrrole nitrogens is 1. The topological polar surface area (TPSA) is 102 Å². The van der Waals surface area contributed by atoms with Gasteiger partial charge in [-0.1, -0.05) is 23.9 Å². The van der Waals surface area contributed by atoms with Gasteiger partial charge in [0.1, 0.15) is 16.5 Å². The average Bonchev–Trinajstić information content (AvgIpc) is 3.15. The molecule has 0 aliphatic carbocycles. The lowest BCUT2D eigenvalue weighted by Gasteiger charge is -2.10. The maximum atomic E-state index is 14.0. The van der Waals surface area contributed by atoms with E-state index in [1.807, 2.05) is 20.8 Å². The Labute approximate surface area is 167 Å². The maximum absolute atomic E-state index is 14.0. The van der Waals surface area contributed by atoms with Crippen LogP contribution in [0.2, 0.25) is 0 Å². The first-order valence-electron chi connectivity index (χ1n) is 8.48. The van der Waals surface area contributed by atoms with Gasteiger partial charge >= 0.3 is 0 Å². The molecular weight excluding hydrogens is 399 g/mol. The molecule has 3 heterocycles. The molecule has 144 valence electrons. The van der Waals surface area contributed by atoms with Crippen molar-refractivity contribution in [3.8, 4) is 11.4 Å². The number of rotatable bonds is 4. The number of hydrogen-bond donors (Lipinski definition) is 2. The molecule has 0 fully saturated rings. The summed E-state index contributed by atoms with van der Waals surface area (Å²) in [7, 11) is 0. The Bertz CT molecular complexity index is 1240. The van der Waals surface area contributed by atoms with Crippen molar-refractivity contribution in [1.29, 1.82) is 0 Å². The minimum absolute atomic E-state index is 0.157. The summed E-state index contributed by atoms with van der Waals surface area (Å²) >= 11 is 2.78. The second kappa shape index (κ2) is 7.02. The van der Waals surface area contributed by atoms with Crippen LogP contribution in [-0.4, -0.2) is 24.8 Å². The van der Waals surface area contributed by atoms with E-state index in [9.17, 15) is 9.18 Å². The third-order valence-electron chi connectivity index (χ3n) is 4.50. The normalized spacial score (nSPS) is 12.6. The lowest BCUT2D eigenvalue weighted by atomic mass is 10.2. The molecule has 0 aliphatic heterocycles. The smallest absolute Gasteiger partial charge is 0.259 e. The van der Waals surface area contributed by atoms with Crippen LogP contribution in [0.3, 0.4) is 0 Å². The molecule has 0 spiro atoms. The van der Waals surface area contributed by atoms with Crippen LogP contribution in [0.15, 0.2) is 34.2 Å². The number of aryl methyl sites for hydroxylation is 2. The van der Waals surface area contributed by atoms with E-state index in [0.717, 1.165) is 10.4 Å². The summed E-state index contributed by atoms with van der Waals surface area (Å²) in [4.78, 5) is 21.7.